The maximum atomic E-state index is 6.13. The molecule has 1 unspecified atom stereocenters. The van der Waals surface area contributed by atoms with Crippen LogP contribution in [0, 0.1) is 20.8 Å². The van der Waals surface area contributed by atoms with Gasteiger partial charge in [0.05, 0.1) is 0 Å². The van der Waals surface area contributed by atoms with Crippen molar-refractivity contribution in [2.24, 2.45) is 0 Å². The highest BCUT2D eigenvalue weighted by Gasteiger charge is 2.08. The van der Waals surface area contributed by atoms with Crippen molar-refractivity contribution >= 4 is 0 Å². The average molecular weight is 322 g/mol. The smallest absolute Gasteiger partial charge is 0.125 e. The number of unbranched alkanes of at least 4 members (excludes halogenated alkanes) is 1. The van der Waals surface area contributed by atoms with Gasteiger partial charge in [-0.1, -0.05) is 55.0 Å². The van der Waals surface area contributed by atoms with Gasteiger partial charge in [-0.15, -0.1) is 6.58 Å². The first kappa shape index (κ1) is 18.3. The highest BCUT2D eigenvalue weighted by Crippen LogP contribution is 2.27. The molecule has 2 rings (SSSR count). The molecule has 24 heavy (non-hydrogen) atoms. The molecule has 0 aliphatic heterocycles. The zero-order valence-corrected chi connectivity index (χ0v) is 15.6. The Morgan fingerprint density at radius 1 is 1.08 bits per heavy atom. The van der Waals surface area contributed by atoms with Crippen molar-refractivity contribution in [1.29, 1.82) is 0 Å². The minimum Gasteiger partial charge on any atom is -0.488 e. The Balaban J connectivity index is 2.03. The lowest BCUT2D eigenvalue weighted by Gasteiger charge is -2.15. The molecule has 2 aromatic rings. The number of rotatable bonds is 8. The van der Waals surface area contributed by atoms with Crippen molar-refractivity contribution < 1.29 is 4.74 Å². The topological polar surface area (TPSA) is 9.23 Å². The summed E-state index contributed by atoms with van der Waals surface area (Å²) < 4.78 is 6.13. The van der Waals surface area contributed by atoms with E-state index in [1.165, 1.54) is 40.7 Å². The van der Waals surface area contributed by atoms with Crippen LogP contribution in [0.25, 0.3) is 0 Å². The van der Waals surface area contributed by atoms with Crippen molar-refractivity contribution in [3.63, 3.8) is 0 Å². The first-order chi connectivity index (χ1) is 11.5. The number of hydrogen-bond acceptors (Lipinski definition) is 1. The third-order valence-electron chi connectivity index (χ3n) is 4.55. The number of ether oxygens (including phenoxy) is 1. The van der Waals surface area contributed by atoms with Gasteiger partial charge in [0.25, 0.3) is 0 Å². The molecule has 0 bridgehead atoms. The van der Waals surface area contributed by atoms with Gasteiger partial charge in [-0.05, 0) is 68.2 Å². The van der Waals surface area contributed by atoms with Crippen LogP contribution < -0.4 is 4.74 Å². The Bertz CT molecular complexity index is 661. The van der Waals surface area contributed by atoms with E-state index in [9.17, 15) is 0 Å². The quantitative estimate of drug-likeness (QED) is 0.390. The standard InChI is InChI=1S/C23H30O/c1-6-7-8-10-18(3)22-12-9-11-21(15-22)16-24-23-19(4)13-17(2)14-20(23)5/h6,9,11-15,18H,1,7-8,10,16H2,2-5H3. The Kier molecular flexibility index (Phi) is 6.66. The summed E-state index contributed by atoms with van der Waals surface area (Å²) in [6, 6.07) is 13.2. The maximum Gasteiger partial charge on any atom is 0.125 e. The van der Waals surface area contributed by atoms with Crippen molar-refractivity contribution in [1.82, 2.24) is 0 Å². The SMILES string of the molecule is C=CCCCC(C)c1cccc(COc2c(C)cc(C)cc2C)c1. The fraction of sp³-hybridized carbons (Fsp3) is 0.391. The van der Waals surface area contributed by atoms with E-state index in [1.807, 2.05) is 6.08 Å². The van der Waals surface area contributed by atoms with Crippen LogP contribution in [0.1, 0.15) is 59.9 Å². The van der Waals surface area contributed by atoms with E-state index in [-0.39, 0.29) is 0 Å². The van der Waals surface area contributed by atoms with Crippen LogP contribution in [-0.4, -0.2) is 0 Å². The summed E-state index contributed by atoms with van der Waals surface area (Å²) in [5.41, 5.74) is 6.34. The lowest BCUT2D eigenvalue weighted by molar-refractivity contribution is 0.301. The first-order valence-electron chi connectivity index (χ1n) is 8.91. The van der Waals surface area contributed by atoms with Crippen LogP contribution in [0.3, 0.4) is 0 Å². The molecule has 0 saturated carbocycles. The fourth-order valence-corrected chi connectivity index (χ4v) is 3.27. The molecule has 0 heterocycles. The highest BCUT2D eigenvalue weighted by molar-refractivity contribution is 5.43. The molecule has 0 N–H and O–H groups in total. The second-order valence-corrected chi connectivity index (χ2v) is 6.88. The Hall–Kier alpha value is -2.02. The fourth-order valence-electron chi connectivity index (χ4n) is 3.27. The van der Waals surface area contributed by atoms with E-state index in [4.69, 9.17) is 4.74 Å². The van der Waals surface area contributed by atoms with Crippen LogP contribution in [0.15, 0.2) is 49.1 Å². The highest BCUT2D eigenvalue weighted by atomic mass is 16.5. The predicted molar refractivity (Wildman–Crippen MR) is 104 cm³/mol. The molecule has 0 saturated heterocycles. The van der Waals surface area contributed by atoms with Crippen molar-refractivity contribution in [3.05, 3.63) is 76.9 Å². The largest absolute Gasteiger partial charge is 0.488 e. The predicted octanol–water partition coefficient (Wildman–Crippen LogP) is 6.65. The zero-order chi connectivity index (χ0) is 17.5. The molecular formula is C23H30O. The van der Waals surface area contributed by atoms with Gasteiger partial charge in [0, 0.05) is 0 Å². The van der Waals surface area contributed by atoms with Crippen LogP contribution >= 0.6 is 0 Å². The van der Waals surface area contributed by atoms with Gasteiger partial charge in [-0.2, -0.15) is 0 Å². The summed E-state index contributed by atoms with van der Waals surface area (Å²) in [6.45, 7) is 13.1. The summed E-state index contributed by atoms with van der Waals surface area (Å²) >= 11 is 0. The zero-order valence-electron chi connectivity index (χ0n) is 15.6. The molecular weight excluding hydrogens is 292 g/mol. The number of allylic oxidation sites excluding steroid dienone is 1. The molecule has 0 aliphatic carbocycles. The monoisotopic (exact) mass is 322 g/mol. The van der Waals surface area contributed by atoms with Gasteiger partial charge in [-0.3, -0.25) is 0 Å². The molecule has 0 fully saturated rings. The lowest BCUT2D eigenvalue weighted by atomic mass is 9.94. The van der Waals surface area contributed by atoms with Gasteiger partial charge in [0.15, 0.2) is 0 Å². The molecule has 0 aliphatic rings. The van der Waals surface area contributed by atoms with E-state index in [0.717, 1.165) is 12.2 Å². The number of hydrogen-bond donors (Lipinski definition) is 0. The van der Waals surface area contributed by atoms with E-state index >= 15 is 0 Å². The molecule has 1 heteroatoms. The third-order valence-corrected chi connectivity index (χ3v) is 4.55. The molecule has 0 spiro atoms. The summed E-state index contributed by atoms with van der Waals surface area (Å²) in [4.78, 5) is 0. The Labute approximate surface area is 147 Å². The second-order valence-electron chi connectivity index (χ2n) is 6.88. The summed E-state index contributed by atoms with van der Waals surface area (Å²) in [7, 11) is 0. The van der Waals surface area contributed by atoms with Crippen LogP contribution in [0.4, 0.5) is 0 Å². The molecule has 0 aromatic heterocycles. The minimum absolute atomic E-state index is 0.577. The summed E-state index contributed by atoms with van der Waals surface area (Å²) in [5.74, 6) is 1.60. The van der Waals surface area contributed by atoms with Crippen LogP contribution in [-0.2, 0) is 6.61 Å². The van der Waals surface area contributed by atoms with E-state index < -0.39 is 0 Å². The van der Waals surface area contributed by atoms with Crippen molar-refractivity contribution in [2.75, 3.05) is 0 Å². The number of benzene rings is 2. The average Bonchev–Trinajstić information content (AvgIpc) is 2.54. The lowest BCUT2D eigenvalue weighted by Crippen LogP contribution is -2.01. The molecule has 0 radical (unpaired) electrons. The Morgan fingerprint density at radius 3 is 2.46 bits per heavy atom. The molecule has 1 atom stereocenters. The van der Waals surface area contributed by atoms with E-state index in [1.54, 1.807) is 0 Å². The normalized spacial score (nSPS) is 12.0. The summed E-state index contributed by atoms with van der Waals surface area (Å²) in [6.07, 6.45) is 5.50. The third kappa shape index (κ3) is 4.99. The van der Waals surface area contributed by atoms with Gasteiger partial charge < -0.3 is 4.74 Å². The maximum absolute atomic E-state index is 6.13. The molecule has 1 nitrogen and oxygen atoms in total. The van der Waals surface area contributed by atoms with Gasteiger partial charge in [0.2, 0.25) is 0 Å². The number of aryl methyl sites for hydroxylation is 3. The minimum atomic E-state index is 0.577. The molecule has 128 valence electrons. The van der Waals surface area contributed by atoms with Gasteiger partial charge in [-0.25, -0.2) is 0 Å². The molecule has 0 amide bonds. The van der Waals surface area contributed by atoms with Gasteiger partial charge in [0.1, 0.15) is 12.4 Å². The van der Waals surface area contributed by atoms with E-state index in [0.29, 0.717) is 12.5 Å². The second kappa shape index (κ2) is 8.73. The first-order valence-corrected chi connectivity index (χ1v) is 8.91. The summed E-state index contributed by atoms with van der Waals surface area (Å²) in [5, 5.41) is 0. The van der Waals surface area contributed by atoms with E-state index in [2.05, 4.69) is 70.7 Å². The van der Waals surface area contributed by atoms with Crippen molar-refractivity contribution in [3.8, 4) is 5.75 Å². The van der Waals surface area contributed by atoms with Crippen molar-refractivity contribution in [2.45, 2.75) is 59.5 Å². The molecule has 2 aromatic carbocycles. The Morgan fingerprint density at radius 2 is 1.79 bits per heavy atom. The van der Waals surface area contributed by atoms with Crippen LogP contribution in [0.2, 0.25) is 0 Å². The van der Waals surface area contributed by atoms with Gasteiger partial charge >= 0.3 is 0 Å². The van der Waals surface area contributed by atoms with Crippen LogP contribution in [0.5, 0.6) is 5.75 Å².